The summed E-state index contributed by atoms with van der Waals surface area (Å²) in [5.41, 5.74) is 9.15. The van der Waals surface area contributed by atoms with Gasteiger partial charge in [0.15, 0.2) is 0 Å². The van der Waals surface area contributed by atoms with Crippen molar-refractivity contribution in [1.82, 2.24) is 4.57 Å². The fourth-order valence-corrected chi connectivity index (χ4v) is 6.71. The van der Waals surface area contributed by atoms with Crippen LogP contribution in [0.1, 0.15) is 0 Å². The third kappa shape index (κ3) is 4.59. The predicted molar refractivity (Wildman–Crippen MR) is 186 cm³/mol. The van der Waals surface area contributed by atoms with Crippen LogP contribution < -0.4 is 4.90 Å². The van der Waals surface area contributed by atoms with Crippen LogP contribution in [-0.2, 0) is 0 Å². The Labute approximate surface area is 259 Å². The highest BCUT2D eigenvalue weighted by Crippen LogP contribution is 2.41. The molecule has 0 spiro atoms. The van der Waals surface area contributed by atoms with Gasteiger partial charge in [-0.2, -0.15) is 0 Å². The fourth-order valence-electron chi connectivity index (χ4n) is 6.24. The normalized spacial score (nSPS) is 11.4. The molecule has 2 nitrogen and oxygen atoms in total. The van der Waals surface area contributed by atoms with E-state index in [0.29, 0.717) is 0 Å². The Hall–Kier alpha value is -5.12. The van der Waals surface area contributed by atoms with E-state index in [1.54, 1.807) is 0 Å². The maximum Gasteiger partial charge on any atom is 0.0541 e. The molecule has 8 rings (SSSR count). The number of para-hydroxylation sites is 2. The summed E-state index contributed by atoms with van der Waals surface area (Å²) in [6.45, 7) is 0. The van der Waals surface area contributed by atoms with E-state index in [0.717, 1.165) is 27.2 Å². The second-order valence-corrected chi connectivity index (χ2v) is 11.7. The zero-order chi connectivity index (χ0) is 28.8. The maximum atomic E-state index is 3.89. The van der Waals surface area contributed by atoms with E-state index in [4.69, 9.17) is 0 Å². The predicted octanol–water partition coefficient (Wildman–Crippen LogP) is 11.8. The minimum absolute atomic E-state index is 1.02. The van der Waals surface area contributed by atoms with Crippen molar-refractivity contribution in [2.24, 2.45) is 0 Å². The van der Waals surface area contributed by atoms with Gasteiger partial charge in [0.1, 0.15) is 0 Å². The van der Waals surface area contributed by atoms with Gasteiger partial charge >= 0.3 is 0 Å². The van der Waals surface area contributed by atoms with Crippen LogP contribution in [0.2, 0.25) is 0 Å². The summed E-state index contributed by atoms with van der Waals surface area (Å²) in [5, 5.41) is 4.94. The second kappa shape index (κ2) is 10.6. The molecule has 0 amide bonds. The summed E-state index contributed by atoms with van der Waals surface area (Å²) >= 11 is 3.89. The van der Waals surface area contributed by atoms with Gasteiger partial charge in [-0.15, -0.1) is 0 Å². The molecule has 0 aliphatic carbocycles. The summed E-state index contributed by atoms with van der Waals surface area (Å²) in [4.78, 5) is 2.36. The molecule has 0 N–H and O–H groups in total. The highest BCUT2D eigenvalue weighted by molar-refractivity contribution is 9.10. The van der Waals surface area contributed by atoms with Gasteiger partial charge in [-0.25, -0.2) is 0 Å². The summed E-state index contributed by atoms with van der Waals surface area (Å²) in [7, 11) is 0. The van der Waals surface area contributed by atoms with Crippen molar-refractivity contribution in [3.05, 3.63) is 168 Å². The Bertz CT molecular complexity index is 2210. The quantitative estimate of drug-likeness (QED) is 0.187. The van der Waals surface area contributed by atoms with Crippen molar-refractivity contribution in [1.29, 1.82) is 0 Å². The summed E-state index contributed by atoms with van der Waals surface area (Å²) in [5.74, 6) is 0. The Kier molecular flexibility index (Phi) is 6.31. The monoisotopic (exact) mass is 614 g/mol. The highest BCUT2D eigenvalue weighted by atomic mass is 79.9. The number of benzene rings is 7. The highest BCUT2D eigenvalue weighted by Gasteiger charge is 2.18. The molecule has 0 saturated heterocycles. The molecule has 204 valence electrons. The van der Waals surface area contributed by atoms with E-state index in [9.17, 15) is 0 Å². The first-order chi connectivity index (χ1) is 21.2. The van der Waals surface area contributed by atoms with Gasteiger partial charge in [-0.05, 0) is 76.5 Å². The largest absolute Gasteiger partial charge is 0.310 e. The van der Waals surface area contributed by atoms with Crippen molar-refractivity contribution in [3.8, 4) is 16.8 Å². The Morgan fingerprint density at radius 1 is 0.419 bits per heavy atom. The molecule has 0 bridgehead atoms. The van der Waals surface area contributed by atoms with Gasteiger partial charge < -0.3 is 9.47 Å². The molecule has 0 fully saturated rings. The number of hydrogen-bond donors (Lipinski definition) is 0. The van der Waals surface area contributed by atoms with Gasteiger partial charge in [0.05, 0.1) is 11.0 Å². The van der Waals surface area contributed by atoms with Crippen molar-refractivity contribution in [3.63, 3.8) is 0 Å². The minimum atomic E-state index is 1.02. The first-order valence-electron chi connectivity index (χ1n) is 14.5. The lowest BCUT2D eigenvalue weighted by Crippen LogP contribution is -2.11. The third-order valence-electron chi connectivity index (χ3n) is 8.17. The SMILES string of the molecule is Brc1cc(N(c2cccc(-c3ccccc3)c2)c2ccc3ccccc3c2)cc(-n2c3ccccc3c3ccccc32)c1. The van der Waals surface area contributed by atoms with Crippen LogP contribution in [0.3, 0.4) is 0 Å². The maximum absolute atomic E-state index is 3.89. The number of fused-ring (bicyclic) bond motifs is 4. The van der Waals surface area contributed by atoms with Crippen LogP contribution in [0.4, 0.5) is 17.1 Å². The number of hydrogen-bond acceptors (Lipinski definition) is 1. The summed E-state index contributed by atoms with van der Waals surface area (Å²) in [6.07, 6.45) is 0. The summed E-state index contributed by atoms with van der Waals surface area (Å²) in [6, 6.07) is 58.7. The number of anilines is 3. The average molecular weight is 616 g/mol. The summed E-state index contributed by atoms with van der Waals surface area (Å²) < 4.78 is 3.39. The van der Waals surface area contributed by atoms with Crippen LogP contribution in [0.15, 0.2) is 168 Å². The molecular weight excluding hydrogens is 588 g/mol. The van der Waals surface area contributed by atoms with Crippen molar-refractivity contribution < 1.29 is 0 Å². The van der Waals surface area contributed by atoms with Crippen LogP contribution in [-0.4, -0.2) is 4.57 Å². The molecule has 1 heterocycles. The van der Waals surface area contributed by atoms with E-state index in [-0.39, 0.29) is 0 Å². The lowest BCUT2D eigenvalue weighted by molar-refractivity contribution is 1.17. The van der Waals surface area contributed by atoms with E-state index < -0.39 is 0 Å². The van der Waals surface area contributed by atoms with Crippen molar-refractivity contribution in [2.45, 2.75) is 0 Å². The molecule has 0 saturated carbocycles. The van der Waals surface area contributed by atoms with Crippen molar-refractivity contribution in [2.75, 3.05) is 4.90 Å². The molecule has 43 heavy (non-hydrogen) atoms. The number of nitrogens with zero attached hydrogens (tertiary/aromatic N) is 2. The zero-order valence-electron chi connectivity index (χ0n) is 23.4. The molecule has 0 atom stereocenters. The van der Waals surface area contributed by atoms with Crippen LogP contribution in [0.5, 0.6) is 0 Å². The Balaban J connectivity index is 1.37. The lowest BCUT2D eigenvalue weighted by Gasteiger charge is -2.27. The van der Waals surface area contributed by atoms with Gasteiger partial charge in [-0.3, -0.25) is 0 Å². The Morgan fingerprint density at radius 2 is 1.05 bits per heavy atom. The van der Waals surface area contributed by atoms with Gasteiger partial charge in [0.25, 0.3) is 0 Å². The molecule has 0 aliphatic heterocycles. The molecule has 3 heteroatoms. The molecule has 8 aromatic rings. The smallest absolute Gasteiger partial charge is 0.0541 e. The van der Waals surface area contributed by atoms with E-state index in [2.05, 4.69) is 189 Å². The molecule has 1 aromatic heterocycles. The minimum Gasteiger partial charge on any atom is -0.310 e. The number of rotatable bonds is 5. The van der Waals surface area contributed by atoms with Gasteiger partial charge in [0, 0.05) is 38.0 Å². The van der Waals surface area contributed by atoms with E-state index >= 15 is 0 Å². The molecule has 0 radical (unpaired) electrons. The zero-order valence-corrected chi connectivity index (χ0v) is 24.9. The molecule has 0 aliphatic rings. The Morgan fingerprint density at radius 3 is 1.81 bits per heavy atom. The first-order valence-corrected chi connectivity index (χ1v) is 15.3. The van der Waals surface area contributed by atoms with Gasteiger partial charge in [0.2, 0.25) is 0 Å². The standard InChI is InChI=1S/C40H27BrN2/c41-32-25-35(27-36(26-32)43-39-19-8-6-17-37(39)38-18-7-9-20-40(38)43)42(34-22-21-29-13-4-5-14-30(29)24-34)33-16-10-15-31(23-33)28-11-2-1-3-12-28/h1-27H. The first kappa shape index (κ1) is 25.6. The van der Waals surface area contributed by atoms with Crippen LogP contribution in [0.25, 0.3) is 49.4 Å². The fraction of sp³-hybridized carbons (Fsp3) is 0. The van der Waals surface area contributed by atoms with Gasteiger partial charge in [-0.1, -0.05) is 125 Å². The molecule has 7 aromatic carbocycles. The number of halogens is 1. The van der Waals surface area contributed by atoms with Crippen LogP contribution >= 0.6 is 15.9 Å². The molecule has 0 unspecified atom stereocenters. The number of aromatic nitrogens is 1. The van der Waals surface area contributed by atoms with E-state index in [1.165, 1.54) is 43.7 Å². The molecular formula is C40H27BrN2. The topological polar surface area (TPSA) is 8.17 Å². The second-order valence-electron chi connectivity index (χ2n) is 10.8. The van der Waals surface area contributed by atoms with Crippen LogP contribution in [0, 0.1) is 0 Å². The average Bonchev–Trinajstić information content (AvgIpc) is 3.40. The van der Waals surface area contributed by atoms with E-state index in [1.807, 2.05) is 0 Å². The lowest BCUT2D eigenvalue weighted by atomic mass is 10.0. The van der Waals surface area contributed by atoms with Crippen molar-refractivity contribution >= 4 is 65.6 Å². The third-order valence-corrected chi connectivity index (χ3v) is 8.62.